The molecule has 2 aromatic carbocycles. The van der Waals surface area contributed by atoms with Gasteiger partial charge in [-0.15, -0.1) is 0 Å². The van der Waals surface area contributed by atoms with Gasteiger partial charge in [-0.05, 0) is 74.7 Å². The van der Waals surface area contributed by atoms with Crippen molar-refractivity contribution in [2.75, 3.05) is 43.4 Å². The zero-order valence-electron chi connectivity index (χ0n) is 21.2. The summed E-state index contributed by atoms with van der Waals surface area (Å²) in [5, 5.41) is 4.71. The predicted octanol–water partition coefficient (Wildman–Crippen LogP) is 5.50. The van der Waals surface area contributed by atoms with Gasteiger partial charge in [0.1, 0.15) is 5.65 Å². The molecular weight excluding hydrogens is 484 g/mol. The van der Waals surface area contributed by atoms with Crippen molar-refractivity contribution in [1.82, 2.24) is 19.4 Å². The highest BCUT2D eigenvalue weighted by molar-refractivity contribution is 6.33. The minimum atomic E-state index is -0.0998. The van der Waals surface area contributed by atoms with Crippen molar-refractivity contribution >= 4 is 40.0 Å². The number of fused-ring (bicyclic) bond motifs is 1. The normalized spacial score (nSPS) is 16.4. The fraction of sp³-hybridized carbons (Fsp3) is 0.345. The number of halogens is 1. The van der Waals surface area contributed by atoms with Crippen LogP contribution in [0.25, 0.3) is 22.2 Å². The van der Waals surface area contributed by atoms with Crippen molar-refractivity contribution in [3.8, 4) is 11.1 Å². The highest BCUT2D eigenvalue weighted by atomic mass is 35.5. The molecule has 3 heterocycles. The van der Waals surface area contributed by atoms with Gasteiger partial charge in [-0.3, -0.25) is 9.36 Å². The number of hydrogen-bond acceptors (Lipinski definition) is 6. The van der Waals surface area contributed by atoms with E-state index in [0.717, 1.165) is 42.8 Å². The Labute approximate surface area is 221 Å². The molecule has 2 fully saturated rings. The van der Waals surface area contributed by atoms with E-state index < -0.39 is 0 Å². The highest BCUT2D eigenvalue weighted by Crippen LogP contribution is 2.42. The molecule has 0 amide bonds. The lowest BCUT2D eigenvalue weighted by molar-refractivity contribution is 0.313. The van der Waals surface area contributed by atoms with E-state index in [2.05, 4.69) is 45.3 Å². The van der Waals surface area contributed by atoms with E-state index in [9.17, 15) is 4.79 Å². The molecule has 2 aromatic heterocycles. The van der Waals surface area contributed by atoms with Gasteiger partial charge in [0.25, 0.3) is 5.56 Å². The Kier molecular flexibility index (Phi) is 6.34. The number of anilines is 3. The molecule has 37 heavy (non-hydrogen) atoms. The molecule has 1 saturated heterocycles. The molecule has 1 aliphatic heterocycles. The van der Waals surface area contributed by atoms with Gasteiger partial charge in [0.05, 0.1) is 0 Å². The van der Waals surface area contributed by atoms with Crippen LogP contribution in [-0.2, 0) is 6.54 Å². The SMILES string of the molecule is CCn1c(=O)c(-c2ccc(C3CC3)cc2Cl)cc2cnc(Nc3ccc(N4CCN(C)CC4)cc3)nc21. The number of aromatic nitrogens is 3. The van der Waals surface area contributed by atoms with Crippen molar-refractivity contribution in [3.63, 3.8) is 0 Å². The Morgan fingerprint density at radius 2 is 1.76 bits per heavy atom. The lowest BCUT2D eigenvalue weighted by Crippen LogP contribution is -2.44. The smallest absolute Gasteiger partial charge is 0.260 e. The molecule has 0 spiro atoms. The van der Waals surface area contributed by atoms with Gasteiger partial charge < -0.3 is 15.1 Å². The van der Waals surface area contributed by atoms with Crippen LogP contribution >= 0.6 is 11.6 Å². The topological polar surface area (TPSA) is 66.3 Å². The minimum Gasteiger partial charge on any atom is -0.369 e. The fourth-order valence-electron chi connectivity index (χ4n) is 5.08. The first-order valence-electron chi connectivity index (χ1n) is 13.0. The highest BCUT2D eigenvalue weighted by Gasteiger charge is 2.24. The zero-order valence-corrected chi connectivity index (χ0v) is 22.0. The van der Waals surface area contributed by atoms with E-state index >= 15 is 0 Å². The molecule has 4 aromatic rings. The van der Waals surface area contributed by atoms with Crippen LogP contribution in [0, 0.1) is 0 Å². The number of piperazine rings is 1. The molecule has 0 bridgehead atoms. The van der Waals surface area contributed by atoms with Crippen LogP contribution in [0.4, 0.5) is 17.3 Å². The summed E-state index contributed by atoms with van der Waals surface area (Å²) in [4.78, 5) is 27.5. The van der Waals surface area contributed by atoms with E-state index in [1.165, 1.54) is 24.1 Å². The number of pyridine rings is 1. The van der Waals surface area contributed by atoms with Crippen molar-refractivity contribution in [2.45, 2.75) is 32.2 Å². The maximum Gasteiger partial charge on any atom is 0.260 e. The maximum absolute atomic E-state index is 13.5. The average Bonchev–Trinajstić information content (AvgIpc) is 3.75. The van der Waals surface area contributed by atoms with Gasteiger partial charge in [-0.25, -0.2) is 4.98 Å². The lowest BCUT2D eigenvalue weighted by atomic mass is 10.0. The lowest BCUT2D eigenvalue weighted by Gasteiger charge is -2.34. The van der Waals surface area contributed by atoms with Gasteiger partial charge in [-0.1, -0.05) is 23.7 Å². The Morgan fingerprint density at radius 3 is 2.43 bits per heavy atom. The van der Waals surface area contributed by atoms with E-state index in [-0.39, 0.29) is 5.56 Å². The molecule has 0 radical (unpaired) electrons. The van der Waals surface area contributed by atoms with Gasteiger partial charge >= 0.3 is 0 Å². The molecule has 2 aliphatic rings. The second-order valence-electron chi connectivity index (χ2n) is 10.1. The van der Waals surface area contributed by atoms with E-state index in [1.54, 1.807) is 10.8 Å². The molecule has 0 unspecified atom stereocenters. The summed E-state index contributed by atoms with van der Waals surface area (Å²) in [6.07, 6.45) is 4.19. The molecule has 1 aliphatic carbocycles. The molecule has 8 heteroatoms. The summed E-state index contributed by atoms with van der Waals surface area (Å²) in [5.74, 6) is 1.07. The minimum absolute atomic E-state index is 0.0998. The van der Waals surface area contributed by atoms with Gasteiger partial charge in [0, 0.05) is 71.8 Å². The summed E-state index contributed by atoms with van der Waals surface area (Å²) in [5.41, 5.74) is 5.20. The number of nitrogens with zero attached hydrogens (tertiary/aromatic N) is 5. The molecule has 190 valence electrons. The van der Waals surface area contributed by atoms with Crippen LogP contribution in [0.2, 0.25) is 5.02 Å². The molecule has 7 nitrogen and oxygen atoms in total. The molecule has 0 atom stereocenters. The van der Waals surface area contributed by atoms with Crippen molar-refractivity contribution < 1.29 is 0 Å². The average molecular weight is 515 g/mol. The Morgan fingerprint density at radius 1 is 1.00 bits per heavy atom. The largest absolute Gasteiger partial charge is 0.369 e. The first-order valence-corrected chi connectivity index (χ1v) is 13.4. The van der Waals surface area contributed by atoms with Gasteiger partial charge in [0.2, 0.25) is 5.95 Å². The van der Waals surface area contributed by atoms with Crippen LogP contribution < -0.4 is 15.8 Å². The third-order valence-electron chi connectivity index (χ3n) is 7.47. The number of nitrogens with one attached hydrogen (secondary N) is 1. The predicted molar refractivity (Wildman–Crippen MR) is 151 cm³/mol. The quantitative estimate of drug-likeness (QED) is 0.366. The fourth-order valence-corrected chi connectivity index (χ4v) is 5.37. The van der Waals surface area contributed by atoms with Crippen molar-refractivity contribution in [3.05, 3.63) is 75.7 Å². The summed E-state index contributed by atoms with van der Waals surface area (Å²) >= 11 is 6.64. The number of hydrogen-bond donors (Lipinski definition) is 1. The third-order valence-corrected chi connectivity index (χ3v) is 7.78. The summed E-state index contributed by atoms with van der Waals surface area (Å²) < 4.78 is 1.69. The van der Waals surface area contributed by atoms with Gasteiger partial charge in [-0.2, -0.15) is 4.98 Å². The Hall–Kier alpha value is -3.42. The number of rotatable bonds is 6. The van der Waals surface area contributed by atoms with Crippen LogP contribution in [-0.4, -0.2) is 52.7 Å². The summed E-state index contributed by atoms with van der Waals surface area (Å²) in [6.45, 7) is 6.66. The van der Waals surface area contributed by atoms with E-state index in [4.69, 9.17) is 16.6 Å². The van der Waals surface area contributed by atoms with Crippen LogP contribution in [0.1, 0.15) is 31.2 Å². The van der Waals surface area contributed by atoms with Crippen LogP contribution in [0.15, 0.2) is 59.5 Å². The maximum atomic E-state index is 13.5. The van der Waals surface area contributed by atoms with Crippen LogP contribution in [0.5, 0.6) is 0 Å². The molecule has 1 N–H and O–H groups in total. The molecular formula is C29H31ClN6O. The van der Waals surface area contributed by atoms with E-state index in [0.29, 0.717) is 34.6 Å². The first kappa shape index (κ1) is 23.9. The second kappa shape index (κ2) is 9.80. The summed E-state index contributed by atoms with van der Waals surface area (Å²) in [7, 11) is 2.16. The van der Waals surface area contributed by atoms with Crippen molar-refractivity contribution in [1.29, 1.82) is 0 Å². The van der Waals surface area contributed by atoms with E-state index in [1.807, 2.05) is 37.3 Å². The van der Waals surface area contributed by atoms with Crippen LogP contribution in [0.3, 0.4) is 0 Å². The third kappa shape index (κ3) is 4.81. The zero-order chi connectivity index (χ0) is 25.5. The second-order valence-corrected chi connectivity index (χ2v) is 10.5. The molecule has 6 rings (SSSR count). The molecule has 1 saturated carbocycles. The Balaban J connectivity index is 1.28. The number of aryl methyl sites for hydroxylation is 1. The van der Waals surface area contributed by atoms with Gasteiger partial charge in [0.15, 0.2) is 0 Å². The first-order chi connectivity index (χ1) is 18.0. The number of likely N-dealkylation sites (N-methyl/N-ethyl adjacent to an activating group) is 1. The Bertz CT molecular complexity index is 1500. The standard InChI is InChI=1S/C29H31ClN6O/c1-3-36-27-21(16-25(28(36)37)24-11-6-20(17-26(24)30)19-4-5-19)18-31-29(33-27)32-22-7-9-23(10-8-22)35-14-12-34(2)13-15-35/h6-11,16-19H,3-5,12-15H2,1-2H3,(H,31,32,33). The summed E-state index contributed by atoms with van der Waals surface area (Å²) in [6, 6.07) is 16.3. The monoisotopic (exact) mass is 514 g/mol. The number of benzene rings is 2. The van der Waals surface area contributed by atoms with Crippen molar-refractivity contribution in [2.24, 2.45) is 0 Å².